The highest BCUT2D eigenvalue weighted by Gasteiger charge is 2.45. The van der Waals surface area contributed by atoms with Crippen molar-refractivity contribution in [2.45, 2.75) is 44.9 Å². The molecule has 1 spiro atoms. The molecule has 1 amide bonds. The molecular formula is C26H34N2O2. The van der Waals surface area contributed by atoms with Gasteiger partial charge in [-0.1, -0.05) is 61.5 Å². The first kappa shape index (κ1) is 22.2. The Bertz CT molecular complexity index is 841. The molecule has 2 unspecified atom stereocenters. The van der Waals surface area contributed by atoms with Crippen molar-refractivity contribution in [1.82, 2.24) is 10.2 Å². The predicted octanol–water partition coefficient (Wildman–Crippen LogP) is 4.30. The number of piperidine rings is 2. The molecule has 2 aromatic rings. The van der Waals surface area contributed by atoms with Crippen LogP contribution in [0.2, 0.25) is 0 Å². The number of likely N-dealkylation sites (tertiary alicyclic amines) is 1. The Balaban J connectivity index is 0.000000199. The van der Waals surface area contributed by atoms with Crippen molar-refractivity contribution in [3.63, 3.8) is 0 Å². The number of carbonyl (C=O) groups is 2. The van der Waals surface area contributed by atoms with E-state index in [-0.39, 0.29) is 17.2 Å². The zero-order valence-corrected chi connectivity index (χ0v) is 18.4. The van der Waals surface area contributed by atoms with Gasteiger partial charge in [0.25, 0.3) is 0 Å². The normalized spacial score (nSPS) is 21.8. The molecule has 1 N–H and O–H groups in total. The van der Waals surface area contributed by atoms with Crippen LogP contribution in [0.1, 0.15) is 54.7 Å². The van der Waals surface area contributed by atoms with Gasteiger partial charge >= 0.3 is 0 Å². The first-order chi connectivity index (χ1) is 14.4. The van der Waals surface area contributed by atoms with Crippen LogP contribution in [-0.4, -0.2) is 43.8 Å². The SMILES string of the molecule is CN1CCC2(CC1)CC(=O)NCC2c1ccccc1.Cc1ccccc1C(C)C=O. The first-order valence-corrected chi connectivity index (χ1v) is 11.0. The number of hydrogen-bond acceptors (Lipinski definition) is 3. The molecule has 0 bridgehead atoms. The maximum absolute atomic E-state index is 11.9. The number of carbonyl (C=O) groups excluding carboxylic acids is 2. The molecule has 0 radical (unpaired) electrons. The number of amides is 1. The fraction of sp³-hybridized carbons (Fsp3) is 0.462. The number of benzene rings is 2. The molecule has 4 heteroatoms. The Morgan fingerprint density at radius 1 is 1.07 bits per heavy atom. The minimum atomic E-state index is 0.0243. The maximum atomic E-state index is 11.9. The van der Waals surface area contributed by atoms with Crippen LogP contribution in [0.15, 0.2) is 54.6 Å². The average molecular weight is 407 g/mol. The van der Waals surface area contributed by atoms with Gasteiger partial charge in [-0.15, -0.1) is 0 Å². The number of aryl methyl sites for hydroxylation is 1. The molecule has 0 aliphatic carbocycles. The van der Waals surface area contributed by atoms with Crippen molar-refractivity contribution in [2.75, 3.05) is 26.7 Å². The molecule has 4 rings (SSSR count). The fourth-order valence-corrected chi connectivity index (χ4v) is 4.85. The summed E-state index contributed by atoms with van der Waals surface area (Å²) in [5.74, 6) is 0.730. The number of nitrogens with zero attached hydrogens (tertiary/aromatic N) is 1. The Morgan fingerprint density at radius 2 is 1.70 bits per heavy atom. The van der Waals surface area contributed by atoms with Crippen molar-refractivity contribution < 1.29 is 9.59 Å². The van der Waals surface area contributed by atoms with Crippen molar-refractivity contribution >= 4 is 12.2 Å². The molecule has 2 heterocycles. The molecular weight excluding hydrogens is 372 g/mol. The molecule has 160 valence electrons. The smallest absolute Gasteiger partial charge is 0.220 e. The van der Waals surface area contributed by atoms with Gasteiger partial charge in [0.1, 0.15) is 6.29 Å². The summed E-state index contributed by atoms with van der Waals surface area (Å²) in [6, 6.07) is 18.7. The molecule has 2 aromatic carbocycles. The van der Waals surface area contributed by atoms with Gasteiger partial charge in [0.05, 0.1) is 0 Å². The highest BCUT2D eigenvalue weighted by Crippen LogP contribution is 2.48. The first-order valence-electron chi connectivity index (χ1n) is 11.0. The molecule has 2 aliphatic heterocycles. The van der Waals surface area contributed by atoms with E-state index in [1.165, 1.54) is 11.1 Å². The minimum Gasteiger partial charge on any atom is -0.355 e. The van der Waals surface area contributed by atoms with E-state index < -0.39 is 0 Å². The molecule has 0 saturated carbocycles. The predicted molar refractivity (Wildman–Crippen MR) is 122 cm³/mol. The van der Waals surface area contributed by atoms with E-state index in [0.29, 0.717) is 12.3 Å². The zero-order chi connectivity index (χ0) is 21.6. The summed E-state index contributed by atoms with van der Waals surface area (Å²) < 4.78 is 0. The maximum Gasteiger partial charge on any atom is 0.220 e. The van der Waals surface area contributed by atoms with Crippen LogP contribution in [-0.2, 0) is 9.59 Å². The van der Waals surface area contributed by atoms with Crippen LogP contribution in [0, 0.1) is 12.3 Å². The van der Waals surface area contributed by atoms with E-state index in [2.05, 4.69) is 47.6 Å². The van der Waals surface area contributed by atoms with E-state index >= 15 is 0 Å². The van der Waals surface area contributed by atoms with Crippen LogP contribution in [0.25, 0.3) is 0 Å². The van der Waals surface area contributed by atoms with E-state index in [4.69, 9.17) is 0 Å². The van der Waals surface area contributed by atoms with Crippen molar-refractivity contribution in [2.24, 2.45) is 5.41 Å². The molecule has 4 nitrogen and oxygen atoms in total. The Morgan fingerprint density at radius 3 is 2.33 bits per heavy atom. The largest absolute Gasteiger partial charge is 0.355 e. The highest BCUT2D eigenvalue weighted by molar-refractivity contribution is 5.78. The molecule has 2 fully saturated rings. The third-order valence-electron chi connectivity index (χ3n) is 6.82. The summed E-state index contributed by atoms with van der Waals surface area (Å²) >= 11 is 0. The van der Waals surface area contributed by atoms with Gasteiger partial charge in [0.15, 0.2) is 0 Å². The van der Waals surface area contributed by atoms with Gasteiger partial charge in [-0.05, 0) is 62.0 Å². The Kier molecular flexibility index (Phi) is 7.43. The summed E-state index contributed by atoms with van der Waals surface area (Å²) in [5.41, 5.74) is 3.87. The van der Waals surface area contributed by atoms with Crippen LogP contribution in [0.3, 0.4) is 0 Å². The summed E-state index contributed by atoms with van der Waals surface area (Å²) in [6.45, 7) is 6.95. The number of nitrogens with one attached hydrogen (secondary N) is 1. The monoisotopic (exact) mass is 406 g/mol. The van der Waals surface area contributed by atoms with Crippen molar-refractivity contribution in [3.05, 3.63) is 71.3 Å². The minimum absolute atomic E-state index is 0.0243. The fourth-order valence-electron chi connectivity index (χ4n) is 4.85. The van der Waals surface area contributed by atoms with E-state index in [1.807, 2.05) is 38.1 Å². The quantitative estimate of drug-likeness (QED) is 0.773. The summed E-state index contributed by atoms with van der Waals surface area (Å²) in [6.07, 6.45) is 3.94. The topological polar surface area (TPSA) is 49.4 Å². The standard InChI is InChI=1S/C16H22N2O.C10H12O/c1-18-9-7-16(8-10-18)11-15(19)17-12-14(16)13-5-3-2-4-6-13;1-8-5-3-4-6-10(8)9(2)7-11/h2-6,14H,7-12H2,1H3,(H,17,19);3-7,9H,1-2H3. The summed E-state index contributed by atoms with van der Waals surface area (Å²) in [5, 5.41) is 3.06. The molecule has 2 atom stereocenters. The Hall–Kier alpha value is -2.46. The van der Waals surface area contributed by atoms with E-state index in [0.717, 1.165) is 44.3 Å². The van der Waals surface area contributed by atoms with Gasteiger partial charge in [0.2, 0.25) is 5.91 Å². The van der Waals surface area contributed by atoms with E-state index in [1.54, 1.807) is 0 Å². The summed E-state index contributed by atoms with van der Waals surface area (Å²) in [7, 11) is 2.17. The van der Waals surface area contributed by atoms with Crippen LogP contribution < -0.4 is 5.32 Å². The van der Waals surface area contributed by atoms with Crippen LogP contribution >= 0.6 is 0 Å². The molecule has 2 aliphatic rings. The summed E-state index contributed by atoms with van der Waals surface area (Å²) in [4.78, 5) is 24.7. The number of rotatable bonds is 3. The highest BCUT2D eigenvalue weighted by atomic mass is 16.1. The second kappa shape index (κ2) is 10.0. The van der Waals surface area contributed by atoms with Gasteiger partial charge in [-0.2, -0.15) is 0 Å². The number of hydrogen-bond donors (Lipinski definition) is 1. The number of aldehydes is 1. The van der Waals surface area contributed by atoms with Gasteiger partial charge in [-0.25, -0.2) is 0 Å². The molecule has 2 saturated heterocycles. The average Bonchev–Trinajstić information content (AvgIpc) is 2.77. The Labute approximate surface area is 180 Å². The molecule has 30 heavy (non-hydrogen) atoms. The lowest BCUT2D eigenvalue weighted by atomic mass is 9.62. The second-order valence-electron chi connectivity index (χ2n) is 8.89. The lowest BCUT2D eigenvalue weighted by Gasteiger charge is -2.48. The van der Waals surface area contributed by atoms with Crippen LogP contribution in [0.4, 0.5) is 0 Å². The third kappa shape index (κ3) is 5.17. The lowest BCUT2D eigenvalue weighted by Crippen LogP contribution is -2.51. The van der Waals surface area contributed by atoms with Crippen LogP contribution in [0.5, 0.6) is 0 Å². The van der Waals surface area contributed by atoms with Crippen molar-refractivity contribution in [3.8, 4) is 0 Å². The van der Waals surface area contributed by atoms with Gasteiger partial charge in [0, 0.05) is 24.8 Å². The van der Waals surface area contributed by atoms with Gasteiger partial charge in [-0.3, -0.25) is 4.79 Å². The van der Waals surface area contributed by atoms with E-state index in [9.17, 15) is 9.59 Å². The lowest BCUT2D eigenvalue weighted by molar-refractivity contribution is -0.128. The van der Waals surface area contributed by atoms with Crippen molar-refractivity contribution in [1.29, 1.82) is 0 Å². The molecule has 0 aromatic heterocycles. The third-order valence-corrected chi connectivity index (χ3v) is 6.82. The zero-order valence-electron chi connectivity index (χ0n) is 18.4. The second-order valence-corrected chi connectivity index (χ2v) is 8.89. The van der Waals surface area contributed by atoms with Gasteiger partial charge < -0.3 is 15.0 Å².